The van der Waals surface area contributed by atoms with Crippen LogP contribution >= 0.6 is 0 Å². The average molecular weight is 495 g/mol. The van der Waals surface area contributed by atoms with E-state index in [2.05, 4.69) is 15.1 Å². The Morgan fingerprint density at radius 3 is 2.50 bits per heavy atom. The second kappa shape index (κ2) is 8.63. The minimum Gasteiger partial charge on any atom is -0.343 e. The van der Waals surface area contributed by atoms with E-state index in [1.54, 1.807) is 42.0 Å². The molecule has 1 unspecified atom stereocenters. The summed E-state index contributed by atoms with van der Waals surface area (Å²) in [5.74, 6) is -0.517. The Labute approximate surface area is 201 Å². The van der Waals surface area contributed by atoms with E-state index in [1.165, 1.54) is 17.0 Å². The molecule has 4 heterocycles. The Balaban J connectivity index is 1.55. The Morgan fingerprint density at radius 1 is 1.06 bits per heavy atom. The third-order valence-electron chi connectivity index (χ3n) is 5.89. The predicted octanol–water partition coefficient (Wildman–Crippen LogP) is 3.27. The van der Waals surface area contributed by atoms with Gasteiger partial charge in [-0.15, -0.1) is 0 Å². The largest absolute Gasteiger partial charge is 0.408 e. The van der Waals surface area contributed by atoms with E-state index in [9.17, 15) is 22.8 Å². The molecule has 0 aliphatic carbocycles. The summed E-state index contributed by atoms with van der Waals surface area (Å²) in [7, 11) is 0. The number of aromatic nitrogens is 6. The van der Waals surface area contributed by atoms with Crippen LogP contribution in [0.1, 0.15) is 12.5 Å². The van der Waals surface area contributed by atoms with Crippen LogP contribution in [0.15, 0.2) is 66.0 Å². The number of alkyl halides is 3. The van der Waals surface area contributed by atoms with Gasteiger partial charge in [-0.3, -0.25) is 13.9 Å². The van der Waals surface area contributed by atoms with E-state index < -0.39 is 30.4 Å². The standard InChI is InChI=1S/C24H20F3N7O2/c1-14-6-5-8-19-21(14)34(23(36)32(19)13-20(35)31-15(2)24(25,26)27)16-10-28-22(29-11-16)17-12-30-33-9-4-3-7-18(17)33/h3-12,15H,13H2,1-2H3,(H,31,35). The van der Waals surface area contributed by atoms with Crippen LogP contribution in [0.4, 0.5) is 13.2 Å². The normalized spacial score (nSPS) is 12.8. The fourth-order valence-electron chi connectivity index (χ4n) is 4.06. The first kappa shape index (κ1) is 23.3. The van der Waals surface area contributed by atoms with Gasteiger partial charge in [-0.05, 0) is 37.6 Å². The number of aryl methyl sites for hydroxylation is 1. The number of para-hydroxylation sites is 1. The summed E-state index contributed by atoms with van der Waals surface area (Å²) in [6.07, 6.45) is 1.82. The zero-order valence-electron chi connectivity index (χ0n) is 19.2. The number of hydrogen-bond acceptors (Lipinski definition) is 5. The van der Waals surface area contributed by atoms with Gasteiger partial charge in [-0.1, -0.05) is 18.2 Å². The lowest BCUT2D eigenvalue weighted by molar-refractivity contribution is -0.158. The number of nitrogens with one attached hydrogen (secondary N) is 1. The van der Waals surface area contributed by atoms with Gasteiger partial charge in [0.15, 0.2) is 5.82 Å². The molecule has 4 aromatic heterocycles. The maximum absolute atomic E-state index is 13.4. The van der Waals surface area contributed by atoms with Crippen molar-refractivity contribution < 1.29 is 18.0 Å². The van der Waals surface area contributed by atoms with Gasteiger partial charge in [0.2, 0.25) is 5.91 Å². The molecule has 0 spiro atoms. The number of rotatable bonds is 5. The topological polar surface area (TPSA) is 99.1 Å². The molecule has 12 heteroatoms. The van der Waals surface area contributed by atoms with Gasteiger partial charge >= 0.3 is 11.9 Å². The fourth-order valence-corrected chi connectivity index (χ4v) is 4.06. The molecule has 5 aromatic rings. The first-order valence-corrected chi connectivity index (χ1v) is 11.0. The van der Waals surface area contributed by atoms with E-state index in [-0.39, 0.29) is 0 Å². The number of carbonyl (C=O) groups excluding carboxylic acids is 1. The van der Waals surface area contributed by atoms with E-state index >= 15 is 0 Å². The lowest BCUT2D eigenvalue weighted by Gasteiger charge is -2.17. The van der Waals surface area contributed by atoms with Crippen molar-refractivity contribution in [2.75, 3.05) is 0 Å². The van der Waals surface area contributed by atoms with Gasteiger partial charge in [0.25, 0.3) is 0 Å². The van der Waals surface area contributed by atoms with Crippen molar-refractivity contribution in [2.45, 2.75) is 32.6 Å². The molecule has 36 heavy (non-hydrogen) atoms. The summed E-state index contributed by atoms with van der Waals surface area (Å²) in [5.41, 5.74) is 2.92. The van der Waals surface area contributed by atoms with Gasteiger partial charge in [0, 0.05) is 6.20 Å². The number of imidazole rings is 1. The molecule has 0 aliphatic rings. The number of halogens is 3. The number of amides is 1. The molecule has 9 nitrogen and oxygen atoms in total. The maximum Gasteiger partial charge on any atom is 0.408 e. The molecule has 0 radical (unpaired) electrons. The highest BCUT2D eigenvalue weighted by Gasteiger charge is 2.37. The summed E-state index contributed by atoms with van der Waals surface area (Å²) in [5, 5.41) is 6.17. The molecule has 184 valence electrons. The van der Waals surface area contributed by atoms with Gasteiger partial charge in [0.1, 0.15) is 12.6 Å². The van der Waals surface area contributed by atoms with Crippen molar-refractivity contribution >= 4 is 22.5 Å². The molecule has 0 aliphatic heterocycles. The Bertz CT molecular complexity index is 1650. The van der Waals surface area contributed by atoms with Crippen LogP contribution in [0.2, 0.25) is 0 Å². The highest BCUT2D eigenvalue weighted by Crippen LogP contribution is 2.24. The van der Waals surface area contributed by atoms with E-state index in [1.807, 2.05) is 23.5 Å². The number of hydrogen-bond donors (Lipinski definition) is 1. The SMILES string of the molecule is Cc1cccc2c1n(-c1cnc(-c3cnn4ccccc34)nc1)c(=O)n2CC(=O)NC(C)C(F)(F)F. The van der Waals surface area contributed by atoms with Gasteiger partial charge in [0.05, 0.1) is 46.4 Å². The van der Waals surface area contributed by atoms with Crippen molar-refractivity contribution in [1.29, 1.82) is 0 Å². The quantitative estimate of drug-likeness (QED) is 0.404. The number of pyridine rings is 1. The Kier molecular flexibility index (Phi) is 5.58. The number of benzene rings is 1. The molecular formula is C24H20F3N7O2. The van der Waals surface area contributed by atoms with Crippen LogP contribution in [-0.2, 0) is 11.3 Å². The van der Waals surface area contributed by atoms with Crippen LogP contribution in [0.3, 0.4) is 0 Å². The molecular weight excluding hydrogens is 475 g/mol. The smallest absolute Gasteiger partial charge is 0.343 e. The molecule has 5 rings (SSSR count). The summed E-state index contributed by atoms with van der Waals surface area (Å²) in [4.78, 5) is 34.6. The third-order valence-corrected chi connectivity index (χ3v) is 5.89. The number of carbonyl (C=O) groups is 1. The minimum atomic E-state index is -4.59. The van der Waals surface area contributed by atoms with Crippen molar-refractivity contribution in [3.8, 4) is 17.1 Å². The zero-order valence-corrected chi connectivity index (χ0v) is 19.2. The maximum atomic E-state index is 13.4. The van der Waals surface area contributed by atoms with Crippen LogP contribution in [0, 0.1) is 6.92 Å². The molecule has 1 N–H and O–H groups in total. The Morgan fingerprint density at radius 2 is 1.78 bits per heavy atom. The molecule has 1 atom stereocenters. The highest BCUT2D eigenvalue weighted by atomic mass is 19.4. The van der Waals surface area contributed by atoms with Gasteiger partial charge < -0.3 is 5.32 Å². The van der Waals surface area contributed by atoms with Crippen molar-refractivity contribution in [3.63, 3.8) is 0 Å². The Hall–Kier alpha value is -4.48. The fraction of sp³-hybridized carbons (Fsp3) is 0.208. The minimum absolute atomic E-state index is 0.349. The van der Waals surface area contributed by atoms with Gasteiger partial charge in [-0.2, -0.15) is 18.3 Å². The lowest BCUT2D eigenvalue weighted by atomic mass is 10.2. The second-order valence-corrected chi connectivity index (χ2v) is 8.33. The van der Waals surface area contributed by atoms with Crippen LogP contribution in [0.25, 0.3) is 33.6 Å². The van der Waals surface area contributed by atoms with Crippen LogP contribution < -0.4 is 11.0 Å². The van der Waals surface area contributed by atoms with Crippen LogP contribution in [0.5, 0.6) is 0 Å². The summed E-state index contributed by atoms with van der Waals surface area (Å²) >= 11 is 0. The highest BCUT2D eigenvalue weighted by molar-refractivity contribution is 5.84. The number of nitrogens with zero attached hydrogens (tertiary/aromatic N) is 6. The van der Waals surface area contributed by atoms with Crippen molar-refractivity contribution in [1.82, 2.24) is 34.0 Å². The molecule has 0 saturated heterocycles. The summed E-state index contributed by atoms with van der Waals surface area (Å²) < 4.78 is 42.8. The third kappa shape index (κ3) is 4.00. The first-order chi connectivity index (χ1) is 17.1. The summed E-state index contributed by atoms with van der Waals surface area (Å²) in [6.45, 7) is 2.06. The predicted molar refractivity (Wildman–Crippen MR) is 126 cm³/mol. The molecule has 0 saturated carbocycles. The lowest BCUT2D eigenvalue weighted by Crippen LogP contribution is -2.45. The molecule has 1 amide bonds. The second-order valence-electron chi connectivity index (χ2n) is 8.33. The van der Waals surface area contributed by atoms with E-state index in [0.717, 1.165) is 22.6 Å². The molecule has 1 aromatic carbocycles. The zero-order chi connectivity index (χ0) is 25.6. The molecule has 0 bridgehead atoms. The average Bonchev–Trinajstić information content (AvgIpc) is 3.39. The summed E-state index contributed by atoms with van der Waals surface area (Å²) in [6, 6.07) is 8.69. The number of fused-ring (bicyclic) bond motifs is 2. The van der Waals surface area contributed by atoms with Crippen LogP contribution in [-0.4, -0.2) is 46.8 Å². The molecule has 0 fully saturated rings. The first-order valence-electron chi connectivity index (χ1n) is 11.0. The monoisotopic (exact) mass is 495 g/mol. The van der Waals surface area contributed by atoms with Crippen molar-refractivity contribution in [3.05, 3.63) is 77.2 Å². The van der Waals surface area contributed by atoms with Crippen molar-refractivity contribution in [2.24, 2.45) is 0 Å². The van der Waals surface area contributed by atoms with Gasteiger partial charge in [-0.25, -0.2) is 19.3 Å². The van der Waals surface area contributed by atoms with E-state index in [4.69, 9.17) is 0 Å². The van der Waals surface area contributed by atoms with E-state index in [0.29, 0.717) is 28.1 Å².